The van der Waals surface area contributed by atoms with Crippen LogP contribution in [0, 0.1) is 5.92 Å². The molecule has 0 fully saturated rings. The average Bonchev–Trinajstić information content (AvgIpc) is 1.65. The first-order valence-electron chi connectivity index (χ1n) is 2.88. The second-order valence-electron chi connectivity index (χ2n) is 2.12. The molecule has 0 saturated heterocycles. The van der Waals surface area contributed by atoms with Crippen molar-refractivity contribution >= 4 is 5.97 Å². The number of carboxylic acids is 1. The van der Waals surface area contributed by atoms with Gasteiger partial charge < -0.3 is 15.6 Å². The topological polar surface area (TPSA) is 66.1 Å². The standard InChI is InChI=1S/C4H11N.C2H4O2.Cu/c1-4(2)3-5;1-2(3)4;/h4H,3,5H2,1-2H3;1H3,(H,3,4);/q;;+1/p-1. The van der Waals surface area contributed by atoms with Crippen LogP contribution in [0.3, 0.4) is 0 Å². The monoisotopic (exact) mass is 195 g/mol. The average molecular weight is 196 g/mol. The molecule has 4 heteroatoms. The molecule has 0 aromatic heterocycles. The molecule has 0 aliphatic heterocycles. The minimum absolute atomic E-state index is 0. The zero-order valence-corrected chi connectivity index (χ0v) is 7.42. The van der Waals surface area contributed by atoms with Crippen LogP contribution < -0.4 is 10.8 Å². The Balaban J connectivity index is -0.0000000910. The van der Waals surface area contributed by atoms with Crippen LogP contribution in [0.4, 0.5) is 0 Å². The van der Waals surface area contributed by atoms with Crippen LogP contribution in [0.25, 0.3) is 0 Å². The summed E-state index contributed by atoms with van der Waals surface area (Å²) in [6, 6.07) is 0. The van der Waals surface area contributed by atoms with E-state index in [2.05, 4.69) is 13.8 Å². The maximum atomic E-state index is 8.89. The molecule has 0 spiro atoms. The van der Waals surface area contributed by atoms with Crippen LogP contribution in [0.1, 0.15) is 20.8 Å². The summed E-state index contributed by atoms with van der Waals surface area (Å²) in [7, 11) is 0. The Morgan fingerprint density at radius 2 is 1.70 bits per heavy atom. The van der Waals surface area contributed by atoms with Crippen LogP contribution in [-0.4, -0.2) is 12.5 Å². The summed E-state index contributed by atoms with van der Waals surface area (Å²) in [5.74, 6) is -0.421. The molecule has 0 amide bonds. The van der Waals surface area contributed by atoms with Gasteiger partial charge in [-0.05, 0) is 19.4 Å². The number of hydrogen-bond donors (Lipinski definition) is 1. The van der Waals surface area contributed by atoms with Crippen molar-refractivity contribution in [1.29, 1.82) is 0 Å². The SMILES string of the molecule is CC(=O)[O-].CC(C)CN.[Cu+]. The zero-order valence-electron chi connectivity index (χ0n) is 6.48. The van der Waals surface area contributed by atoms with Crippen LogP contribution >= 0.6 is 0 Å². The van der Waals surface area contributed by atoms with Gasteiger partial charge in [-0.25, -0.2) is 0 Å². The summed E-state index contributed by atoms with van der Waals surface area (Å²) in [4.78, 5) is 8.89. The molecule has 0 bridgehead atoms. The number of carboxylic acid groups (broad SMARTS) is 1. The molecule has 10 heavy (non-hydrogen) atoms. The first kappa shape index (κ1) is 16.5. The van der Waals surface area contributed by atoms with Gasteiger partial charge in [0.2, 0.25) is 0 Å². The van der Waals surface area contributed by atoms with Crippen molar-refractivity contribution in [2.24, 2.45) is 11.7 Å². The molecule has 0 aliphatic rings. The third-order valence-electron chi connectivity index (χ3n) is 0.471. The van der Waals surface area contributed by atoms with Crippen molar-refractivity contribution in [3.8, 4) is 0 Å². The second-order valence-corrected chi connectivity index (χ2v) is 2.12. The van der Waals surface area contributed by atoms with Crippen LogP contribution in [0.15, 0.2) is 0 Å². The van der Waals surface area contributed by atoms with E-state index in [9.17, 15) is 0 Å². The Hall–Kier alpha value is -0.0505. The van der Waals surface area contributed by atoms with Crippen molar-refractivity contribution in [3.63, 3.8) is 0 Å². The fourth-order valence-corrected chi connectivity index (χ4v) is 0. The van der Waals surface area contributed by atoms with Gasteiger partial charge >= 0.3 is 17.1 Å². The largest absolute Gasteiger partial charge is 1.00 e. The summed E-state index contributed by atoms with van der Waals surface area (Å²) < 4.78 is 0. The third kappa shape index (κ3) is 101. The van der Waals surface area contributed by atoms with Gasteiger partial charge in [-0.3, -0.25) is 0 Å². The molecule has 0 heterocycles. The Morgan fingerprint density at radius 3 is 1.70 bits per heavy atom. The molecule has 66 valence electrons. The summed E-state index contributed by atoms with van der Waals surface area (Å²) in [6.07, 6.45) is 0. The van der Waals surface area contributed by atoms with Gasteiger partial charge in [0.15, 0.2) is 0 Å². The predicted octanol–water partition coefficient (Wildman–Crippen LogP) is -0.645. The zero-order chi connectivity index (χ0) is 7.86. The fourth-order valence-electron chi connectivity index (χ4n) is 0. The number of hydrogen-bond acceptors (Lipinski definition) is 3. The molecule has 0 unspecified atom stereocenters. The van der Waals surface area contributed by atoms with Gasteiger partial charge in [-0.15, -0.1) is 0 Å². The van der Waals surface area contributed by atoms with Crippen molar-refractivity contribution < 1.29 is 27.0 Å². The van der Waals surface area contributed by atoms with Gasteiger partial charge in [0.1, 0.15) is 0 Å². The first-order chi connectivity index (χ1) is 4.00. The molecule has 0 radical (unpaired) electrons. The van der Waals surface area contributed by atoms with Crippen molar-refractivity contribution in [3.05, 3.63) is 0 Å². The summed E-state index contributed by atoms with van der Waals surface area (Å²) in [5.41, 5.74) is 5.17. The molecule has 0 atom stereocenters. The Morgan fingerprint density at radius 1 is 1.60 bits per heavy atom. The van der Waals surface area contributed by atoms with Crippen LogP contribution in [0.5, 0.6) is 0 Å². The molecular formula is C6H14CuNO2. The van der Waals surface area contributed by atoms with E-state index in [-0.39, 0.29) is 17.1 Å². The number of aliphatic carboxylic acids is 1. The van der Waals surface area contributed by atoms with Crippen molar-refractivity contribution in [1.82, 2.24) is 0 Å². The predicted molar refractivity (Wildman–Crippen MR) is 34.6 cm³/mol. The van der Waals surface area contributed by atoms with Crippen LogP contribution in [0.2, 0.25) is 0 Å². The number of carbonyl (C=O) groups excluding carboxylic acids is 1. The third-order valence-corrected chi connectivity index (χ3v) is 0.471. The van der Waals surface area contributed by atoms with Crippen molar-refractivity contribution in [2.45, 2.75) is 20.8 Å². The smallest absolute Gasteiger partial charge is 0.550 e. The molecule has 0 aromatic rings. The van der Waals surface area contributed by atoms with E-state index in [0.29, 0.717) is 5.92 Å². The summed E-state index contributed by atoms with van der Waals surface area (Å²) in [6.45, 7) is 5.97. The maximum absolute atomic E-state index is 8.89. The van der Waals surface area contributed by atoms with E-state index < -0.39 is 5.97 Å². The Bertz CT molecular complexity index is 72.1. The maximum Gasteiger partial charge on any atom is 1.00 e. The van der Waals surface area contributed by atoms with Crippen molar-refractivity contribution in [2.75, 3.05) is 6.54 Å². The molecule has 2 N–H and O–H groups in total. The molecule has 0 aromatic carbocycles. The number of carbonyl (C=O) groups is 1. The van der Waals surface area contributed by atoms with E-state index in [4.69, 9.17) is 15.6 Å². The van der Waals surface area contributed by atoms with Gasteiger partial charge in [-0.2, -0.15) is 0 Å². The summed E-state index contributed by atoms with van der Waals surface area (Å²) >= 11 is 0. The molecule has 0 saturated carbocycles. The second kappa shape index (κ2) is 11.7. The Labute approximate surface area is 72.5 Å². The van der Waals surface area contributed by atoms with Gasteiger partial charge in [0, 0.05) is 5.97 Å². The number of nitrogens with two attached hydrogens (primary N) is 1. The minimum atomic E-state index is -1.08. The molecule has 0 aliphatic carbocycles. The van der Waals surface area contributed by atoms with Gasteiger partial charge in [-0.1, -0.05) is 13.8 Å². The molecular weight excluding hydrogens is 182 g/mol. The van der Waals surface area contributed by atoms with Gasteiger partial charge in [0.25, 0.3) is 0 Å². The van der Waals surface area contributed by atoms with E-state index >= 15 is 0 Å². The summed E-state index contributed by atoms with van der Waals surface area (Å²) in [5, 5.41) is 8.89. The van der Waals surface area contributed by atoms with E-state index in [1.54, 1.807) is 0 Å². The van der Waals surface area contributed by atoms with Gasteiger partial charge in [0.05, 0.1) is 0 Å². The normalized spacial score (nSPS) is 7.30. The molecule has 0 rings (SSSR count). The molecule has 3 nitrogen and oxygen atoms in total. The van der Waals surface area contributed by atoms with E-state index in [1.165, 1.54) is 0 Å². The van der Waals surface area contributed by atoms with E-state index in [1.807, 2.05) is 0 Å². The Kier molecular flexibility index (Phi) is 19.3. The van der Waals surface area contributed by atoms with Crippen LogP contribution in [-0.2, 0) is 21.9 Å². The number of rotatable bonds is 1. The fraction of sp³-hybridized carbons (Fsp3) is 0.833. The quantitative estimate of drug-likeness (QED) is 0.566. The van der Waals surface area contributed by atoms with E-state index in [0.717, 1.165) is 13.5 Å². The first-order valence-corrected chi connectivity index (χ1v) is 2.88. The minimum Gasteiger partial charge on any atom is -0.550 e.